The van der Waals surface area contributed by atoms with Gasteiger partial charge in [0, 0.05) is 0 Å². The van der Waals surface area contributed by atoms with E-state index >= 15 is 0 Å². The van der Waals surface area contributed by atoms with Crippen molar-refractivity contribution in [3.63, 3.8) is 0 Å². The summed E-state index contributed by atoms with van der Waals surface area (Å²) >= 11 is 0. The van der Waals surface area contributed by atoms with Crippen LogP contribution < -0.4 is 0 Å². The highest BCUT2D eigenvalue weighted by molar-refractivity contribution is 4.95. The van der Waals surface area contributed by atoms with Crippen molar-refractivity contribution in [2.75, 3.05) is 0 Å². The van der Waals surface area contributed by atoms with Crippen LogP contribution in [0.3, 0.4) is 0 Å². The molecule has 0 aromatic heterocycles. The number of ether oxygens (including phenoxy) is 1. The van der Waals surface area contributed by atoms with Gasteiger partial charge in [-0.05, 0) is 33.1 Å². The lowest BCUT2D eigenvalue weighted by Gasteiger charge is -2.34. The standard InChI is InChI=1S/C12H24O/c1-8-9-10(11(2,3)4)13-12(5,6)7/h8-10H,1-7H3. The van der Waals surface area contributed by atoms with Crippen LogP contribution in [0.5, 0.6) is 0 Å². The fourth-order valence-electron chi connectivity index (χ4n) is 1.06. The Kier molecular flexibility index (Phi) is 4.18. The molecule has 0 radical (unpaired) electrons. The molecule has 0 aliphatic carbocycles. The van der Waals surface area contributed by atoms with E-state index in [1.165, 1.54) is 0 Å². The van der Waals surface area contributed by atoms with Crippen molar-refractivity contribution < 1.29 is 4.74 Å². The van der Waals surface area contributed by atoms with Crippen molar-refractivity contribution in [1.29, 1.82) is 0 Å². The predicted molar refractivity (Wildman–Crippen MR) is 58.9 cm³/mol. The van der Waals surface area contributed by atoms with Gasteiger partial charge in [0.1, 0.15) is 0 Å². The second-order valence-corrected chi connectivity index (χ2v) is 5.54. The van der Waals surface area contributed by atoms with Crippen molar-refractivity contribution in [2.45, 2.75) is 60.2 Å². The van der Waals surface area contributed by atoms with Gasteiger partial charge < -0.3 is 4.74 Å². The molecule has 0 bridgehead atoms. The molecule has 0 rings (SSSR count). The molecule has 0 fully saturated rings. The van der Waals surface area contributed by atoms with Crippen LogP contribution in [0.4, 0.5) is 0 Å². The van der Waals surface area contributed by atoms with E-state index in [1.807, 2.05) is 6.92 Å². The molecule has 78 valence electrons. The van der Waals surface area contributed by atoms with Gasteiger partial charge in [0.2, 0.25) is 0 Å². The Morgan fingerprint density at radius 3 is 1.69 bits per heavy atom. The molecule has 0 aliphatic heterocycles. The Morgan fingerprint density at radius 1 is 1.00 bits per heavy atom. The van der Waals surface area contributed by atoms with E-state index in [9.17, 15) is 0 Å². The summed E-state index contributed by atoms with van der Waals surface area (Å²) in [7, 11) is 0. The van der Waals surface area contributed by atoms with Crippen LogP contribution in [-0.2, 0) is 4.74 Å². The highest BCUT2D eigenvalue weighted by Crippen LogP contribution is 2.27. The summed E-state index contributed by atoms with van der Waals surface area (Å²) in [6.45, 7) is 14.9. The highest BCUT2D eigenvalue weighted by Gasteiger charge is 2.27. The molecule has 0 heterocycles. The summed E-state index contributed by atoms with van der Waals surface area (Å²) in [5.74, 6) is 0. The Hall–Kier alpha value is -0.300. The van der Waals surface area contributed by atoms with Crippen molar-refractivity contribution in [3.05, 3.63) is 12.2 Å². The average Bonchev–Trinajstić information content (AvgIpc) is 1.81. The molecule has 0 amide bonds. The zero-order valence-corrected chi connectivity index (χ0v) is 10.1. The van der Waals surface area contributed by atoms with Crippen LogP contribution in [0, 0.1) is 5.41 Å². The lowest BCUT2D eigenvalue weighted by Crippen LogP contribution is -2.35. The minimum Gasteiger partial charge on any atom is -0.368 e. The Bertz CT molecular complexity index is 167. The molecular weight excluding hydrogens is 160 g/mol. The minimum absolute atomic E-state index is 0.0720. The minimum atomic E-state index is -0.0720. The predicted octanol–water partition coefficient (Wildman–Crippen LogP) is 3.79. The van der Waals surface area contributed by atoms with Crippen LogP contribution in [0.1, 0.15) is 48.5 Å². The zero-order valence-electron chi connectivity index (χ0n) is 10.1. The van der Waals surface area contributed by atoms with E-state index in [1.54, 1.807) is 0 Å². The third-order valence-electron chi connectivity index (χ3n) is 1.70. The van der Waals surface area contributed by atoms with Crippen molar-refractivity contribution in [2.24, 2.45) is 5.41 Å². The van der Waals surface area contributed by atoms with E-state index in [2.05, 4.69) is 53.7 Å². The van der Waals surface area contributed by atoms with Gasteiger partial charge in [-0.25, -0.2) is 0 Å². The molecule has 0 saturated carbocycles. The van der Waals surface area contributed by atoms with Crippen LogP contribution in [-0.4, -0.2) is 11.7 Å². The molecule has 1 atom stereocenters. The quantitative estimate of drug-likeness (QED) is 0.593. The van der Waals surface area contributed by atoms with Crippen LogP contribution in [0.15, 0.2) is 12.2 Å². The van der Waals surface area contributed by atoms with Gasteiger partial charge in [0.05, 0.1) is 11.7 Å². The molecule has 0 saturated heterocycles. The third-order valence-corrected chi connectivity index (χ3v) is 1.70. The molecular formula is C12H24O. The molecule has 13 heavy (non-hydrogen) atoms. The van der Waals surface area contributed by atoms with Crippen molar-refractivity contribution in [3.8, 4) is 0 Å². The first-order valence-corrected chi connectivity index (χ1v) is 4.97. The topological polar surface area (TPSA) is 9.23 Å². The van der Waals surface area contributed by atoms with E-state index in [-0.39, 0.29) is 17.1 Å². The molecule has 1 nitrogen and oxygen atoms in total. The molecule has 0 aromatic rings. The van der Waals surface area contributed by atoms with Crippen LogP contribution in [0.25, 0.3) is 0 Å². The van der Waals surface area contributed by atoms with Crippen molar-refractivity contribution in [1.82, 2.24) is 0 Å². The summed E-state index contributed by atoms with van der Waals surface area (Å²) in [5, 5.41) is 0. The lowest BCUT2D eigenvalue weighted by molar-refractivity contribution is -0.0802. The second kappa shape index (κ2) is 4.28. The number of allylic oxidation sites excluding steroid dienone is 1. The van der Waals surface area contributed by atoms with E-state index in [4.69, 9.17) is 4.74 Å². The summed E-state index contributed by atoms with van der Waals surface area (Å²) in [6, 6.07) is 0. The Balaban J connectivity index is 4.46. The van der Waals surface area contributed by atoms with E-state index in [0.29, 0.717) is 0 Å². The lowest BCUT2D eigenvalue weighted by atomic mass is 9.88. The van der Waals surface area contributed by atoms with Gasteiger partial charge in [-0.2, -0.15) is 0 Å². The molecule has 0 aromatic carbocycles. The monoisotopic (exact) mass is 184 g/mol. The maximum Gasteiger partial charge on any atom is 0.0811 e. The van der Waals surface area contributed by atoms with Crippen LogP contribution in [0.2, 0.25) is 0 Å². The van der Waals surface area contributed by atoms with Gasteiger partial charge in [0.15, 0.2) is 0 Å². The Morgan fingerprint density at radius 2 is 1.46 bits per heavy atom. The van der Waals surface area contributed by atoms with Gasteiger partial charge in [-0.3, -0.25) is 0 Å². The first kappa shape index (κ1) is 12.7. The number of rotatable bonds is 2. The van der Waals surface area contributed by atoms with E-state index < -0.39 is 0 Å². The maximum absolute atomic E-state index is 5.96. The number of hydrogen-bond donors (Lipinski definition) is 0. The molecule has 0 N–H and O–H groups in total. The normalized spacial score (nSPS) is 16.5. The zero-order chi connectivity index (χ0) is 10.7. The van der Waals surface area contributed by atoms with Gasteiger partial charge in [0.25, 0.3) is 0 Å². The first-order valence-electron chi connectivity index (χ1n) is 4.97. The smallest absolute Gasteiger partial charge is 0.0811 e. The van der Waals surface area contributed by atoms with Crippen LogP contribution >= 0.6 is 0 Å². The third kappa shape index (κ3) is 5.87. The number of hydrogen-bond acceptors (Lipinski definition) is 1. The molecule has 1 unspecified atom stereocenters. The maximum atomic E-state index is 5.96. The van der Waals surface area contributed by atoms with Crippen molar-refractivity contribution >= 4 is 0 Å². The summed E-state index contributed by atoms with van der Waals surface area (Å²) < 4.78 is 5.96. The summed E-state index contributed by atoms with van der Waals surface area (Å²) in [5.41, 5.74) is 0.0945. The summed E-state index contributed by atoms with van der Waals surface area (Å²) in [6.07, 6.45) is 4.38. The van der Waals surface area contributed by atoms with Gasteiger partial charge in [-0.1, -0.05) is 32.9 Å². The second-order valence-electron chi connectivity index (χ2n) is 5.54. The van der Waals surface area contributed by atoms with Gasteiger partial charge in [-0.15, -0.1) is 0 Å². The molecule has 0 spiro atoms. The molecule has 1 heteroatoms. The van der Waals surface area contributed by atoms with Gasteiger partial charge >= 0.3 is 0 Å². The largest absolute Gasteiger partial charge is 0.368 e. The Labute approximate surface area is 83.2 Å². The average molecular weight is 184 g/mol. The highest BCUT2D eigenvalue weighted by atomic mass is 16.5. The SMILES string of the molecule is CC=CC(OC(C)(C)C)C(C)(C)C. The summed E-state index contributed by atoms with van der Waals surface area (Å²) in [4.78, 5) is 0. The van der Waals surface area contributed by atoms with E-state index in [0.717, 1.165) is 0 Å². The fourth-order valence-corrected chi connectivity index (χ4v) is 1.06. The fraction of sp³-hybridized carbons (Fsp3) is 0.833. The first-order chi connectivity index (χ1) is 5.67. The molecule has 0 aliphatic rings.